The van der Waals surface area contributed by atoms with E-state index in [4.69, 9.17) is 16.3 Å². The average molecular weight is 578 g/mol. The summed E-state index contributed by atoms with van der Waals surface area (Å²) in [6.07, 6.45) is -3.92. The fraction of sp³-hybridized carbons (Fsp3) is 0.231. The van der Waals surface area contributed by atoms with Gasteiger partial charge in [0.1, 0.15) is 12.2 Å². The maximum atomic E-state index is 13.0. The molecular weight excluding hydrogens is 555 g/mol. The summed E-state index contributed by atoms with van der Waals surface area (Å²) in [5.74, 6) is -1.30. The van der Waals surface area contributed by atoms with Gasteiger partial charge in [-0.05, 0) is 48.4 Å². The van der Waals surface area contributed by atoms with E-state index in [1.807, 2.05) is 41.7 Å². The van der Waals surface area contributed by atoms with Gasteiger partial charge in [0.05, 0.1) is 23.2 Å². The van der Waals surface area contributed by atoms with E-state index in [0.29, 0.717) is 28.7 Å². The number of carbonyl (C=O) groups is 2. The Morgan fingerprint density at radius 3 is 2.36 bits per heavy atom. The summed E-state index contributed by atoms with van der Waals surface area (Å²) in [5, 5.41) is 12.8. The number of nitrogens with one attached hydrogen (secondary N) is 2. The first kappa shape index (κ1) is 28.3. The molecule has 0 radical (unpaired) electrons. The Balaban J connectivity index is 1.49. The molecule has 2 heterocycles. The van der Waals surface area contributed by atoms with Crippen molar-refractivity contribution in [3.63, 3.8) is 0 Å². The highest BCUT2D eigenvalue weighted by Crippen LogP contribution is 2.22. The smallest absolute Gasteiger partial charge is 0.370 e. The molecule has 0 aliphatic carbocycles. The Morgan fingerprint density at radius 1 is 0.949 bits per heavy atom. The molecule has 0 spiro atoms. The van der Waals surface area contributed by atoms with Crippen molar-refractivity contribution >= 4 is 34.8 Å². The molecule has 0 saturated carbocycles. The van der Waals surface area contributed by atoms with E-state index in [1.165, 1.54) is 40.3 Å². The van der Waals surface area contributed by atoms with E-state index in [-0.39, 0.29) is 24.5 Å². The minimum Gasteiger partial charge on any atom is -0.370 e. The number of nitrogens with zero attached hydrogens (tertiary/aromatic N) is 3. The Bertz CT molecular complexity index is 1410. The molecular formula is C26H23ClF3N5O3S. The van der Waals surface area contributed by atoms with Crippen LogP contribution in [0.3, 0.4) is 0 Å². The molecule has 0 aliphatic rings. The Morgan fingerprint density at radius 2 is 1.69 bits per heavy atom. The monoisotopic (exact) mass is 577 g/mol. The predicted molar refractivity (Wildman–Crippen MR) is 140 cm³/mol. The van der Waals surface area contributed by atoms with Crippen LogP contribution in [0.25, 0.3) is 5.69 Å². The van der Waals surface area contributed by atoms with Crippen molar-refractivity contribution in [3.05, 3.63) is 98.5 Å². The first-order valence-corrected chi connectivity index (χ1v) is 12.9. The number of hydrogen-bond donors (Lipinski definition) is 2. The normalized spacial score (nSPS) is 11.4. The Hall–Kier alpha value is -3.74. The maximum Gasteiger partial charge on any atom is 0.405 e. The lowest BCUT2D eigenvalue weighted by atomic mass is 10.2. The van der Waals surface area contributed by atoms with Gasteiger partial charge in [-0.3, -0.25) is 9.59 Å². The van der Waals surface area contributed by atoms with Gasteiger partial charge in [0.25, 0.3) is 11.8 Å². The van der Waals surface area contributed by atoms with Gasteiger partial charge in [-0.15, -0.1) is 16.4 Å². The molecule has 13 heteroatoms. The first-order chi connectivity index (χ1) is 18.7. The number of carbonyl (C=O) groups excluding carboxylic acids is 2. The average Bonchev–Trinajstić information content (AvgIpc) is 3.53. The lowest BCUT2D eigenvalue weighted by molar-refractivity contribution is -0.123. The topological polar surface area (TPSA) is 98.1 Å². The summed E-state index contributed by atoms with van der Waals surface area (Å²) in [6, 6.07) is 18.9. The summed E-state index contributed by atoms with van der Waals surface area (Å²) in [5.41, 5.74) is 1.86. The van der Waals surface area contributed by atoms with Crippen LogP contribution in [-0.4, -0.2) is 46.1 Å². The number of alkyl halides is 3. The van der Waals surface area contributed by atoms with Gasteiger partial charge in [0.2, 0.25) is 0 Å². The third kappa shape index (κ3) is 8.12. The third-order valence-electron chi connectivity index (χ3n) is 5.44. The quantitative estimate of drug-likeness (QED) is 0.262. The summed E-state index contributed by atoms with van der Waals surface area (Å²) in [6.45, 7) is -0.796. The molecule has 2 N–H and O–H groups in total. The number of thiophene rings is 1. The van der Waals surface area contributed by atoms with Crippen LogP contribution >= 0.6 is 22.9 Å². The second kappa shape index (κ2) is 12.9. The van der Waals surface area contributed by atoms with Crippen LogP contribution in [0.4, 0.5) is 13.2 Å². The zero-order valence-electron chi connectivity index (χ0n) is 20.4. The fourth-order valence-electron chi connectivity index (χ4n) is 3.56. The summed E-state index contributed by atoms with van der Waals surface area (Å²) < 4.78 is 45.2. The maximum absolute atomic E-state index is 13.0. The van der Waals surface area contributed by atoms with Gasteiger partial charge in [-0.2, -0.15) is 13.2 Å². The van der Waals surface area contributed by atoms with Crippen LogP contribution in [-0.2, 0) is 24.4 Å². The number of rotatable bonds is 11. The third-order valence-corrected chi connectivity index (χ3v) is 6.73. The minimum absolute atomic E-state index is 0.000992. The molecule has 0 unspecified atom stereocenters. The number of benzene rings is 2. The highest BCUT2D eigenvalue weighted by atomic mass is 35.5. The molecule has 8 nitrogen and oxygen atoms in total. The summed E-state index contributed by atoms with van der Waals surface area (Å²) in [4.78, 5) is 26.1. The van der Waals surface area contributed by atoms with E-state index in [2.05, 4.69) is 15.6 Å². The zero-order valence-corrected chi connectivity index (χ0v) is 21.9. The van der Waals surface area contributed by atoms with E-state index in [9.17, 15) is 22.8 Å². The second-order valence-electron chi connectivity index (χ2n) is 8.33. The summed E-state index contributed by atoms with van der Waals surface area (Å²) >= 11 is 7.40. The van der Waals surface area contributed by atoms with Crippen molar-refractivity contribution in [1.82, 2.24) is 25.6 Å². The molecule has 0 saturated heterocycles. The van der Waals surface area contributed by atoms with Crippen LogP contribution < -0.4 is 10.6 Å². The van der Waals surface area contributed by atoms with E-state index >= 15 is 0 Å². The number of hydrogen-bond acceptors (Lipinski definition) is 6. The van der Waals surface area contributed by atoms with E-state index < -0.39 is 24.5 Å². The molecule has 39 heavy (non-hydrogen) atoms. The van der Waals surface area contributed by atoms with E-state index in [1.54, 1.807) is 6.07 Å². The molecule has 4 aromatic rings. The van der Waals surface area contributed by atoms with Crippen molar-refractivity contribution < 1.29 is 27.5 Å². The van der Waals surface area contributed by atoms with Crippen LogP contribution in [0, 0.1) is 0 Å². The number of amides is 2. The number of halogens is 4. The first-order valence-electron chi connectivity index (χ1n) is 11.7. The SMILES string of the molecule is O=C(NCC(F)(F)F)c1ccc(-n2nnc(C(=O)NCCc3ccc(Cl)s3)c2COCc2ccccc2)cc1. The molecule has 204 valence electrons. The van der Waals surface area contributed by atoms with Crippen molar-refractivity contribution in [2.45, 2.75) is 25.8 Å². The molecule has 0 atom stereocenters. The van der Waals surface area contributed by atoms with Crippen LogP contribution in [0.1, 0.15) is 37.0 Å². The van der Waals surface area contributed by atoms with Crippen LogP contribution in [0.5, 0.6) is 0 Å². The lowest BCUT2D eigenvalue weighted by Crippen LogP contribution is -2.33. The van der Waals surface area contributed by atoms with Gasteiger partial charge >= 0.3 is 6.18 Å². The van der Waals surface area contributed by atoms with Crippen molar-refractivity contribution in [2.75, 3.05) is 13.1 Å². The predicted octanol–water partition coefficient (Wildman–Crippen LogP) is 4.96. The van der Waals surface area contributed by atoms with Crippen LogP contribution in [0.15, 0.2) is 66.7 Å². The number of aromatic nitrogens is 3. The largest absolute Gasteiger partial charge is 0.405 e. The second-order valence-corrected chi connectivity index (χ2v) is 10.1. The minimum atomic E-state index is -4.52. The standard InChI is InChI=1S/C26H23ClF3N5O3S/c27-22-11-10-20(39-22)12-13-31-25(37)23-21(15-38-14-17-4-2-1-3-5-17)35(34-33-23)19-8-6-18(7-9-19)24(36)32-16-26(28,29)30/h1-11H,12-16H2,(H,31,37)(H,32,36). The molecule has 2 aromatic heterocycles. The Kier molecular flexibility index (Phi) is 9.33. The van der Waals surface area contributed by atoms with Gasteiger partial charge in [0.15, 0.2) is 5.69 Å². The highest BCUT2D eigenvalue weighted by Gasteiger charge is 2.28. The molecule has 0 fully saturated rings. The van der Waals surface area contributed by atoms with Gasteiger partial charge in [-0.1, -0.05) is 47.1 Å². The van der Waals surface area contributed by atoms with E-state index in [0.717, 1.165) is 10.4 Å². The zero-order chi connectivity index (χ0) is 27.8. The fourth-order valence-corrected chi connectivity index (χ4v) is 4.65. The highest BCUT2D eigenvalue weighted by molar-refractivity contribution is 7.16. The van der Waals surface area contributed by atoms with Crippen molar-refractivity contribution in [3.8, 4) is 5.69 Å². The van der Waals surface area contributed by atoms with Crippen LogP contribution in [0.2, 0.25) is 4.34 Å². The molecule has 2 aromatic carbocycles. The lowest BCUT2D eigenvalue weighted by Gasteiger charge is -2.11. The Labute approximate surface area is 230 Å². The number of ether oxygens (including phenoxy) is 1. The summed E-state index contributed by atoms with van der Waals surface area (Å²) in [7, 11) is 0. The van der Waals surface area contributed by atoms with Gasteiger partial charge in [0, 0.05) is 17.0 Å². The molecule has 0 aliphatic heterocycles. The molecule has 4 rings (SSSR count). The molecule has 0 bridgehead atoms. The van der Waals surface area contributed by atoms with Gasteiger partial charge < -0.3 is 15.4 Å². The van der Waals surface area contributed by atoms with Gasteiger partial charge in [-0.25, -0.2) is 4.68 Å². The van der Waals surface area contributed by atoms with Crippen molar-refractivity contribution in [1.29, 1.82) is 0 Å². The molecule has 2 amide bonds. The van der Waals surface area contributed by atoms with Crippen molar-refractivity contribution in [2.24, 2.45) is 0 Å².